The molecule has 0 bridgehead atoms. The minimum atomic E-state index is 0.00258. The zero-order valence-electron chi connectivity index (χ0n) is 10.5. The first-order chi connectivity index (χ1) is 8.79. The number of carbonyl (C=O) groups excluding carboxylic acids is 1. The Labute approximate surface area is 107 Å². The van der Waals surface area contributed by atoms with Crippen molar-refractivity contribution < 1.29 is 19.0 Å². The summed E-state index contributed by atoms with van der Waals surface area (Å²) in [5.74, 6) is 0.608. The number of hydrogen-bond acceptors (Lipinski definition) is 4. The van der Waals surface area contributed by atoms with Gasteiger partial charge in [0.1, 0.15) is 0 Å². The third-order valence-electron chi connectivity index (χ3n) is 4.91. The molecule has 0 aromatic carbocycles. The van der Waals surface area contributed by atoms with Crippen LogP contribution in [0.15, 0.2) is 0 Å². The summed E-state index contributed by atoms with van der Waals surface area (Å²) in [4.78, 5) is 12.0. The van der Waals surface area contributed by atoms with Gasteiger partial charge >= 0.3 is 5.97 Å². The molecule has 6 atom stereocenters. The molecule has 4 nitrogen and oxygen atoms in total. The van der Waals surface area contributed by atoms with E-state index in [1.165, 1.54) is 0 Å². The van der Waals surface area contributed by atoms with E-state index in [1.807, 2.05) is 0 Å². The van der Waals surface area contributed by atoms with E-state index in [-0.39, 0.29) is 11.9 Å². The predicted molar refractivity (Wildman–Crippen MR) is 63.0 cm³/mol. The lowest BCUT2D eigenvalue weighted by atomic mass is 9.89. The van der Waals surface area contributed by atoms with Crippen LogP contribution in [0.3, 0.4) is 0 Å². The first kappa shape index (κ1) is 11.2. The van der Waals surface area contributed by atoms with Crippen molar-refractivity contribution in [1.82, 2.24) is 0 Å². The number of hydrogen-bond donors (Lipinski definition) is 0. The molecule has 2 heterocycles. The summed E-state index contributed by atoms with van der Waals surface area (Å²) in [6, 6.07) is 0. The predicted octanol–water partition coefficient (Wildman–Crippen LogP) is 1.66. The molecule has 4 aliphatic rings. The number of epoxide rings is 2. The fourth-order valence-electron chi connectivity index (χ4n) is 3.57. The lowest BCUT2D eigenvalue weighted by molar-refractivity contribution is -0.151. The third-order valence-corrected chi connectivity index (χ3v) is 4.91. The molecular formula is C14H20O4. The number of rotatable bonds is 3. The highest BCUT2D eigenvalue weighted by atomic mass is 16.6. The second kappa shape index (κ2) is 4.20. The quantitative estimate of drug-likeness (QED) is 0.566. The Hall–Kier alpha value is -0.610. The summed E-state index contributed by atoms with van der Waals surface area (Å²) in [5, 5.41) is 0. The minimum absolute atomic E-state index is 0.00258. The van der Waals surface area contributed by atoms with E-state index in [4.69, 9.17) is 14.2 Å². The molecule has 18 heavy (non-hydrogen) atoms. The van der Waals surface area contributed by atoms with Crippen LogP contribution in [0.25, 0.3) is 0 Å². The Morgan fingerprint density at radius 1 is 0.944 bits per heavy atom. The van der Waals surface area contributed by atoms with Crippen LogP contribution in [-0.2, 0) is 19.0 Å². The standard InChI is InChI=1S/C14H20O4/c15-14(9-2-4-11-13(6-9)18-11)16-7-8-1-3-10-12(5-8)17-10/h8-13H,1-7H2/t8-,9-,10+,11-,12+,13-/m1/s1. The highest BCUT2D eigenvalue weighted by Crippen LogP contribution is 2.41. The van der Waals surface area contributed by atoms with Gasteiger partial charge < -0.3 is 14.2 Å². The van der Waals surface area contributed by atoms with E-state index in [0.717, 1.165) is 38.5 Å². The molecule has 4 fully saturated rings. The molecule has 2 saturated carbocycles. The summed E-state index contributed by atoms with van der Waals surface area (Å²) >= 11 is 0. The number of esters is 1. The highest BCUT2D eigenvalue weighted by molar-refractivity contribution is 5.72. The van der Waals surface area contributed by atoms with Gasteiger partial charge in [-0.1, -0.05) is 0 Å². The second-order valence-electron chi connectivity index (χ2n) is 6.25. The fourth-order valence-corrected chi connectivity index (χ4v) is 3.57. The van der Waals surface area contributed by atoms with E-state index in [1.54, 1.807) is 0 Å². The van der Waals surface area contributed by atoms with Gasteiger partial charge in [0.25, 0.3) is 0 Å². The maximum atomic E-state index is 12.0. The van der Waals surface area contributed by atoms with Gasteiger partial charge in [-0.2, -0.15) is 0 Å². The molecule has 2 saturated heterocycles. The Morgan fingerprint density at radius 3 is 2.39 bits per heavy atom. The molecule has 0 N–H and O–H groups in total. The molecule has 0 spiro atoms. The van der Waals surface area contributed by atoms with Crippen LogP contribution in [-0.4, -0.2) is 37.0 Å². The van der Waals surface area contributed by atoms with Gasteiger partial charge in [0.15, 0.2) is 0 Å². The smallest absolute Gasteiger partial charge is 0.309 e. The highest BCUT2D eigenvalue weighted by Gasteiger charge is 2.47. The Balaban J connectivity index is 1.23. The Kier molecular flexibility index (Phi) is 2.62. The molecule has 2 aliphatic carbocycles. The normalized spacial score (nSPS) is 48.9. The van der Waals surface area contributed by atoms with Crippen LogP contribution in [0.2, 0.25) is 0 Å². The van der Waals surface area contributed by atoms with Crippen molar-refractivity contribution >= 4 is 5.97 Å². The van der Waals surface area contributed by atoms with Crippen molar-refractivity contribution in [2.24, 2.45) is 11.8 Å². The first-order valence-corrected chi connectivity index (χ1v) is 7.27. The number of carbonyl (C=O) groups is 1. The van der Waals surface area contributed by atoms with Gasteiger partial charge in [0.05, 0.1) is 36.9 Å². The first-order valence-electron chi connectivity index (χ1n) is 7.27. The number of fused-ring (bicyclic) bond motifs is 2. The van der Waals surface area contributed by atoms with Gasteiger partial charge in [-0.15, -0.1) is 0 Å². The molecule has 2 aliphatic heterocycles. The van der Waals surface area contributed by atoms with Crippen LogP contribution in [0.5, 0.6) is 0 Å². The van der Waals surface area contributed by atoms with Crippen molar-refractivity contribution in [3.63, 3.8) is 0 Å². The SMILES string of the molecule is O=C(OC[C@@H]1CC[C@@H]2O[C@H]2C1)[C@@H]1CC[C@H]2O[C@@H]2C1. The zero-order chi connectivity index (χ0) is 12.1. The van der Waals surface area contributed by atoms with E-state index in [0.29, 0.717) is 36.9 Å². The van der Waals surface area contributed by atoms with Crippen LogP contribution < -0.4 is 0 Å². The van der Waals surface area contributed by atoms with Crippen molar-refractivity contribution in [3.8, 4) is 0 Å². The van der Waals surface area contributed by atoms with Crippen LogP contribution in [0.4, 0.5) is 0 Å². The summed E-state index contributed by atoms with van der Waals surface area (Å²) < 4.78 is 16.4. The third kappa shape index (κ3) is 2.16. The second-order valence-corrected chi connectivity index (χ2v) is 6.25. The summed E-state index contributed by atoms with van der Waals surface area (Å²) in [7, 11) is 0. The monoisotopic (exact) mass is 252 g/mol. The van der Waals surface area contributed by atoms with E-state index < -0.39 is 0 Å². The van der Waals surface area contributed by atoms with Crippen LogP contribution in [0.1, 0.15) is 38.5 Å². The van der Waals surface area contributed by atoms with Crippen molar-refractivity contribution in [3.05, 3.63) is 0 Å². The van der Waals surface area contributed by atoms with Gasteiger partial charge in [-0.05, 0) is 44.4 Å². The summed E-state index contributed by atoms with van der Waals surface area (Å²) in [6.45, 7) is 0.594. The van der Waals surface area contributed by atoms with Gasteiger partial charge in [-0.3, -0.25) is 4.79 Å². The molecule has 100 valence electrons. The fraction of sp³-hybridized carbons (Fsp3) is 0.929. The molecule has 0 radical (unpaired) electrons. The van der Waals surface area contributed by atoms with E-state index in [2.05, 4.69) is 0 Å². The largest absolute Gasteiger partial charge is 0.465 e. The minimum Gasteiger partial charge on any atom is -0.465 e. The van der Waals surface area contributed by atoms with Gasteiger partial charge in [0.2, 0.25) is 0 Å². The lowest BCUT2D eigenvalue weighted by Crippen LogP contribution is -2.27. The Morgan fingerprint density at radius 2 is 1.67 bits per heavy atom. The maximum Gasteiger partial charge on any atom is 0.309 e. The van der Waals surface area contributed by atoms with Gasteiger partial charge in [-0.25, -0.2) is 0 Å². The number of ether oxygens (including phenoxy) is 3. The molecule has 4 heteroatoms. The van der Waals surface area contributed by atoms with Crippen LogP contribution >= 0.6 is 0 Å². The lowest BCUT2D eigenvalue weighted by Gasteiger charge is -2.21. The van der Waals surface area contributed by atoms with Crippen molar-refractivity contribution in [1.29, 1.82) is 0 Å². The topological polar surface area (TPSA) is 51.4 Å². The van der Waals surface area contributed by atoms with Crippen molar-refractivity contribution in [2.45, 2.75) is 62.9 Å². The van der Waals surface area contributed by atoms with Gasteiger partial charge in [0, 0.05) is 0 Å². The Bertz CT molecular complexity index is 356. The van der Waals surface area contributed by atoms with Crippen molar-refractivity contribution in [2.75, 3.05) is 6.61 Å². The van der Waals surface area contributed by atoms with E-state index >= 15 is 0 Å². The average molecular weight is 252 g/mol. The van der Waals surface area contributed by atoms with Crippen LogP contribution in [0, 0.1) is 11.8 Å². The summed E-state index contributed by atoms with van der Waals surface area (Å²) in [5.41, 5.74) is 0. The molecule has 0 amide bonds. The molecule has 0 unspecified atom stereocenters. The van der Waals surface area contributed by atoms with E-state index in [9.17, 15) is 4.79 Å². The average Bonchev–Trinajstić information content (AvgIpc) is 3.26. The maximum absolute atomic E-state index is 12.0. The molecule has 4 rings (SSSR count). The molecular weight excluding hydrogens is 232 g/mol. The zero-order valence-corrected chi connectivity index (χ0v) is 10.5. The summed E-state index contributed by atoms with van der Waals surface area (Å²) in [6.07, 6.45) is 8.03. The molecule has 0 aromatic heterocycles. The molecule has 0 aromatic rings.